The number of hydrogen-bond donors (Lipinski definition) is 2. The lowest BCUT2D eigenvalue weighted by Crippen LogP contribution is -2.26. The summed E-state index contributed by atoms with van der Waals surface area (Å²) in [7, 11) is 0. The first-order chi connectivity index (χ1) is 7.29. The lowest BCUT2D eigenvalue weighted by atomic mass is 10.2. The Kier molecular flexibility index (Phi) is 3.17. The van der Waals surface area contributed by atoms with Gasteiger partial charge in [-0.1, -0.05) is 5.10 Å². The second-order valence-corrected chi connectivity index (χ2v) is 3.66. The molecule has 15 heavy (non-hydrogen) atoms. The molecule has 0 amide bonds. The smallest absolute Gasteiger partial charge is 0.315 e. The van der Waals surface area contributed by atoms with E-state index in [0.717, 1.165) is 13.0 Å². The fourth-order valence-electron chi connectivity index (χ4n) is 1.62. The van der Waals surface area contributed by atoms with E-state index in [4.69, 9.17) is 14.9 Å². The first-order valence-corrected chi connectivity index (χ1v) is 5.20. The number of rotatable bonds is 4. The van der Waals surface area contributed by atoms with Crippen molar-refractivity contribution in [3.8, 4) is 0 Å². The Morgan fingerprint density at radius 2 is 2.40 bits per heavy atom. The first kappa shape index (κ1) is 10.4. The molecule has 3 N–H and O–H groups in total. The number of nitrogens with one attached hydrogen (secondary N) is 1. The van der Waals surface area contributed by atoms with E-state index in [9.17, 15) is 0 Å². The predicted molar refractivity (Wildman–Crippen MR) is 54.5 cm³/mol. The number of nitrogens with two attached hydrogens (primary N) is 1. The molecular formula is C9H16N4O2. The number of aromatic nitrogens is 2. The Morgan fingerprint density at radius 1 is 1.53 bits per heavy atom. The molecule has 1 saturated heterocycles. The zero-order chi connectivity index (χ0) is 10.7. The molecule has 0 bridgehead atoms. The second-order valence-electron chi connectivity index (χ2n) is 3.66. The molecular weight excluding hydrogens is 196 g/mol. The van der Waals surface area contributed by atoms with Crippen LogP contribution in [-0.4, -0.2) is 35.5 Å². The average molecular weight is 212 g/mol. The Balaban J connectivity index is 1.92. The number of ether oxygens (including phenoxy) is 1. The van der Waals surface area contributed by atoms with Gasteiger partial charge in [0.2, 0.25) is 5.89 Å². The molecule has 0 radical (unpaired) electrons. The molecule has 0 aromatic carbocycles. The number of nitrogens with zero attached hydrogens (tertiary/aromatic N) is 2. The lowest BCUT2D eigenvalue weighted by molar-refractivity contribution is 0.121. The van der Waals surface area contributed by atoms with Gasteiger partial charge in [0, 0.05) is 19.6 Å². The molecule has 6 nitrogen and oxygen atoms in total. The lowest BCUT2D eigenvalue weighted by Gasteiger charge is -2.13. The fraction of sp³-hybridized carbons (Fsp3) is 0.778. The molecule has 1 aromatic heterocycles. The average Bonchev–Trinajstić information content (AvgIpc) is 2.79. The van der Waals surface area contributed by atoms with Crippen LogP contribution in [0.15, 0.2) is 4.42 Å². The highest BCUT2D eigenvalue weighted by Gasteiger charge is 2.25. The van der Waals surface area contributed by atoms with Gasteiger partial charge in [-0.25, -0.2) is 0 Å². The van der Waals surface area contributed by atoms with Crippen LogP contribution in [0.2, 0.25) is 0 Å². The minimum Gasteiger partial charge on any atom is -0.408 e. The topological polar surface area (TPSA) is 86.2 Å². The van der Waals surface area contributed by atoms with Gasteiger partial charge in [0.05, 0.1) is 12.1 Å². The second kappa shape index (κ2) is 4.59. The van der Waals surface area contributed by atoms with Crippen LogP contribution in [0.25, 0.3) is 0 Å². The van der Waals surface area contributed by atoms with E-state index in [0.29, 0.717) is 24.9 Å². The normalized spacial score (nSPS) is 25.7. The molecule has 0 aliphatic carbocycles. The van der Waals surface area contributed by atoms with Crippen molar-refractivity contribution in [1.29, 1.82) is 0 Å². The predicted octanol–water partition coefficient (Wildman–Crippen LogP) is 0.160. The van der Waals surface area contributed by atoms with Crippen LogP contribution in [0.3, 0.4) is 0 Å². The summed E-state index contributed by atoms with van der Waals surface area (Å²) in [6.45, 7) is 3.33. The molecule has 0 spiro atoms. The molecule has 6 heteroatoms. The van der Waals surface area contributed by atoms with E-state index in [1.165, 1.54) is 0 Å². The number of hydrogen-bond acceptors (Lipinski definition) is 6. The van der Waals surface area contributed by atoms with Crippen molar-refractivity contribution in [3.63, 3.8) is 0 Å². The summed E-state index contributed by atoms with van der Waals surface area (Å²) in [5, 5.41) is 10.9. The van der Waals surface area contributed by atoms with Gasteiger partial charge in [-0.05, 0) is 13.3 Å². The fourth-order valence-corrected chi connectivity index (χ4v) is 1.62. The van der Waals surface area contributed by atoms with Crippen LogP contribution < -0.4 is 11.1 Å². The van der Waals surface area contributed by atoms with Crippen LogP contribution in [0, 0.1) is 0 Å². The van der Waals surface area contributed by atoms with E-state index in [1.54, 1.807) is 0 Å². The largest absolute Gasteiger partial charge is 0.408 e. The highest BCUT2D eigenvalue weighted by Crippen LogP contribution is 2.17. The van der Waals surface area contributed by atoms with Gasteiger partial charge in [-0.3, -0.25) is 0 Å². The van der Waals surface area contributed by atoms with Crippen LogP contribution in [0.4, 0.5) is 6.01 Å². The Hall–Kier alpha value is -1.14. The molecule has 1 aliphatic rings. The molecule has 1 aromatic rings. The van der Waals surface area contributed by atoms with E-state index >= 15 is 0 Å². The van der Waals surface area contributed by atoms with E-state index in [2.05, 4.69) is 15.5 Å². The standard InChI is InChI=1S/C9H16N4O2/c1-6-7(3-5-14-6)11-9-13-12-8(15-9)2-4-10/h6-7H,2-5,10H2,1H3,(H,11,13). The van der Waals surface area contributed by atoms with E-state index < -0.39 is 0 Å². The third kappa shape index (κ3) is 2.45. The monoisotopic (exact) mass is 212 g/mol. The van der Waals surface area contributed by atoms with Gasteiger partial charge in [0.15, 0.2) is 0 Å². The molecule has 2 heterocycles. The van der Waals surface area contributed by atoms with Gasteiger partial charge in [0.25, 0.3) is 0 Å². The quantitative estimate of drug-likeness (QED) is 0.739. The third-order valence-corrected chi connectivity index (χ3v) is 2.51. The maximum atomic E-state index is 5.42. The van der Waals surface area contributed by atoms with Crippen molar-refractivity contribution in [3.05, 3.63) is 5.89 Å². The maximum absolute atomic E-state index is 5.42. The van der Waals surface area contributed by atoms with Gasteiger partial charge in [-0.2, -0.15) is 0 Å². The van der Waals surface area contributed by atoms with Crippen LogP contribution in [0.5, 0.6) is 0 Å². The van der Waals surface area contributed by atoms with Gasteiger partial charge < -0.3 is 20.2 Å². The molecule has 2 rings (SSSR count). The number of anilines is 1. The van der Waals surface area contributed by atoms with E-state index in [-0.39, 0.29) is 12.1 Å². The summed E-state index contributed by atoms with van der Waals surface area (Å²) in [4.78, 5) is 0. The van der Waals surface area contributed by atoms with Crippen molar-refractivity contribution >= 4 is 6.01 Å². The van der Waals surface area contributed by atoms with Crippen molar-refractivity contribution < 1.29 is 9.15 Å². The molecule has 84 valence electrons. The van der Waals surface area contributed by atoms with Crippen molar-refractivity contribution in [2.24, 2.45) is 5.73 Å². The molecule has 1 fully saturated rings. The summed E-state index contributed by atoms with van der Waals surface area (Å²) in [5.41, 5.74) is 5.39. The van der Waals surface area contributed by atoms with Crippen molar-refractivity contribution in [1.82, 2.24) is 10.2 Å². The first-order valence-electron chi connectivity index (χ1n) is 5.20. The summed E-state index contributed by atoms with van der Waals surface area (Å²) < 4.78 is 10.8. The molecule has 2 atom stereocenters. The maximum Gasteiger partial charge on any atom is 0.315 e. The minimum absolute atomic E-state index is 0.190. The minimum atomic E-state index is 0.190. The van der Waals surface area contributed by atoms with E-state index in [1.807, 2.05) is 6.92 Å². The highest BCUT2D eigenvalue weighted by molar-refractivity contribution is 5.20. The summed E-state index contributed by atoms with van der Waals surface area (Å²) in [6, 6.07) is 0.719. The summed E-state index contributed by atoms with van der Waals surface area (Å²) in [6.07, 6.45) is 1.77. The highest BCUT2D eigenvalue weighted by atomic mass is 16.5. The van der Waals surface area contributed by atoms with Crippen molar-refractivity contribution in [2.45, 2.75) is 31.9 Å². The van der Waals surface area contributed by atoms with Crippen LogP contribution in [-0.2, 0) is 11.2 Å². The summed E-state index contributed by atoms with van der Waals surface area (Å²) >= 11 is 0. The SMILES string of the molecule is CC1OCCC1Nc1nnc(CCN)o1. The Bertz CT molecular complexity index is 315. The van der Waals surface area contributed by atoms with Crippen LogP contribution >= 0.6 is 0 Å². The summed E-state index contributed by atoms with van der Waals surface area (Å²) in [5.74, 6) is 0.576. The van der Waals surface area contributed by atoms with Gasteiger partial charge in [-0.15, -0.1) is 5.10 Å². The zero-order valence-electron chi connectivity index (χ0n) is 8.77. The molecule has 0 saturated carbocycles. The van der Waals surface area contributed by atoms with Gasteiger partial charge in [0.1, 0.15) is 0 Å². The molecule has 1 aliphatic heterocycles. The molecule has 2 unspecified atom stereocenters. The van der Waals surface area contributed by atoms with Crippen LogP contribution in [0.1, 0.15) is 19.2 Å². The Labute approximate surface area is 88.2 Å². The Morgan fingerprint density at radius 3 is 3.07 bits per heavy atom. The van der Waals surface area contributed by atoms with Crippen molar-refractivity contribution in [2.75, 3.05) is 18.5 Å². The van der Waals surface area contributed by atoms with Gasteiger partial charge >= 0.3 is 6.01 Å². The zero-order valence-corrected chi connectivity index (χ0v) is 8.77. The third-order valence-electron chi connectivity index (χ3n) is 2.51.